The van der Waals surface area contributed by atoms with Crippen LogP contribution in [0.5, 0.6) is 0 Å². The van der Waals surface area contributed by atoms with Gasteiger partial charge in [-0.3, -0.25) is 9.59 Å². The molecule has 0 radical (unpaired) electrons. The van der Waals surface area contributed by atoms with Crippen LogP contribution in [0.1, 0.15) is 62.5 Å². The van der Waals surface area contributed by atoms with Gasteiger partial charge in [-0.2, -0.15) is 0 Å². The SMILES string of the molecule is C[C@]12C=CC(=O)C=C1CC[C@@H]1[C@@H]2[C@@H](O)C[C@@]2(C)[C@H]1C[C@H]1O[C@@H](c3ccc(Cc4ccc(N)c5ncoc45)cc3)O[C@]12C(=O)CO. The summed E-state index contributed by atoms with van der Waals surface area (Å²) in [7, 11) is 0. The lowest BCUT2D eigenvalue weighted by molar-refractivity contribution is -0.201. The molecular weight excluding hydrogens is 572 g/mol. The molecule has 4 N–H and O–H groups in total. The summed E-state index contributed by atoms with van der Waals surface area (Å²) in [5, 5.41) is 22.1. The number of aliphatic hydroxyl groups is 2. The molecule has 1 aliphatic heterocycles. The van der Waals surface area contributed by atoms with E-state index in [1.54, 1.807) is 12.2 Å². The number of nitrogens with zero attached hydrogens (tertiary/aromatic N) is 1. The Hall–Kier alpha value is -3.63. The minimum absolute atomic E-state index is 0.00259. The van der Waals surface area contributed by atoms with E-state index in [-0.39, 0.29) is 23.5 Å². The fourth-order valence-electron chi connectivity index (χ4n) is 10.0. The van der Waals surface area contributed by atoms with Gasteiger partial charge in [0.2, 0.25) is 0 Å². The van der Waals surface area contributed by atoms with Gasteiger partial charge in [-0.25, -0.2) is 4.98 Å². The van der Waals surface area contributed by atoms with Crippen LogP contribution in [-0.2, 0) is 25.5 Å². The van der Waals surface area contributed by atoms with Crippen LogP contribution >= 0.6 is 0 Å². The number of hydrogen-bond donors (Lipinski definition) is 3. The number of aliphatic hydroxyl groups excluding tert-OH is 2. The summed E-state index contributed by atoms with van der Waals surface area (Å²) in [6, 6.07) is 11.7. The molecule has 0 spiro atoms. The molecule has 2 heterocycles. The highest BCUT2D eigenvalue weighted by atomic mass is 16.7. The fraction of sp³-hybridized carbons (Fsp3) is 0.472. The van der Waals surface area contributed by atoms with Crippen molar-refractivity contribution in [3.8, 4) is 0 Å². The van der Waals surface area contributed by atoms with Crippen molar-refractivity contribution in [2.75, 3.05) is 12.3 Å². The van der Waals surface area contributed by atoms with Crippen molar-refractivity contribution >= 4 is 28.4 Å². The Morgan fingerprint density at radius 3 is 2.73 bits per heavy atom. The Labute approximate surface area is 261 Å². The van der Waals surface area contributed by atoms with Crippen molar-refractivity contribution in [2.24, 2.45) is 28.6 Å². The zero-order chi connectivity index (χ0) is 31.3. The number of nitrogen functional groups attached to an aromatic ring is 1. The van der Waals surface area contributed by atoms with E-state index < -0.39 is 47.3 Å². The topological polar surface area (TPSA) is 145 Å². The minimum Gasteiger partial charge on any atom is -0.443 e. The van der Waals surface area contributed by atoms with Crippen molar-refractivity contribution in [1.29, 1.82) is 0 Å². The summed E-state index contributed by atoms with van der Waals surface area (Å²) in [6.07, 6.45) is 7.86. The number of ketones is 2. The standard InChI is InChI=1S/C36H38N2O7/c1-34-12-11-23(40)14-22(34)8-9-24-25-15-29-36(28(42)17-39,35(25,2)16-27(41)30(24)34)45-33(44-29)20-5-3-19(4-6-20)13-21-7-10-26(37)31-32(21)43-18-38-31/h3-7,10-12,14,18,24-25,27,29-30,33,39,41H,8-9,13,15-17,37H2,1-2H3/t24-,25-,27-,29+,30+,33+,34-,35-,36+/m0/s1. The molecule has 9 atom stereocenters. The molecule has 234 valence electrons. The maximum atomic E-state index is 13.8. The molecule has 0 unspecified atom stereocenters. The Kier molecular flexibility index (Phi) is 6.36. The summed E-state index contributed by atoms with van der Waals surface area (Å²) < 4.78 is 18.9. The summed E-state index contributed by atoms with van der Waals surface area (Å²) in [5.74, 6) is -0.318. The Morgan fingerprint density at radius 2 is 1.96 bits per heavy atom. The quantitative estimate of drug-likeness (QED) is 0.353. The highest BCUT2D eigenvalue weighted by Gasteiger charge is 2.75. The number of Topliss-reactive ketones (excluding diaryl/α,β-unsaturated/α-hetero) is 1. The summed E-state index contributed by atoms with van der Waals surface area (Å²) in [6.45, 7) is 3.51. The van der Waals surface area contributed by atoms with E-state index in [9.17, 15) is 19.8 Å². The van der Waals surface area contributed by atoms with E-state index in [4.69, 9.17) is 19.6 Å². The van der Waals surface area contributed by atoms with Crippen molar-refractivity contribution in [2.45, 2.75) is 70.1 Å². The zero-order valence-corrected chi connectivity index (χ0v) is 25.4. The van der Waals surface area contributed by atoms with Gasteiger partial charge in [0.1, 0.15) is 12.1 Å². The molecule has 3 saturated carbocycles. The average molecular weight is 611 g/mol. The summed E-state index contributed by atoms with van der Waals surface area (Å²) >= 11 is 0. The maximum absolute atomic E-state index is 13.8. The van der Waals surface area contributed by atoms with Crippen LogP contribution in [0.2, 0.25) is 0 Å². The van der Waals surface area contributed by atoms with Gasteiger partial charge in [0.25, 0.3) is 0 Å². The van der Waals surface area contributed by atoms with E-state index >= 15 is 0 Å². The van der Waals surface area contributed by atoms with Gasteiger partial charge in [0, 0.05) is 34.3 Å². The third kappa shape index (κ3) is 3.91. The summed E-state index contributed by atoms with van der Waals surface area (Å²) in [5.41, 5.74) is 9.29. The van der Waals surface area contributed by atoms with E-state index in [0.29, 0.717) is 36.0 Å². The van der Waals surface area contributed by atoms with Gasteiger partial charge in [-0.15, -0.1) is 0 Å². The monoisotopic (exact) mass is 610 g/mol. The van der Waals surface area contributed by atoms with Crippen LogP contribution in [0.3, 0.4) is 0 Å². The van der Waals surface area contributed by atoms with E-state index in [1.807, 2.05) is 49.4 Å². The van der Waals surface area contributed by atoms with Crippen LogP contribution in [0, 0.1) is 28.6 Å². The largest absolute Gasteiger partial charge is 0.443 e. The van der Waals surface area contributed by atoms with Gasteiger partial charge >= 0.3 is 0 Å². The van der Waals surface area contributed by atoms with Crippen LogP contribution in [0.4, 0.5) is 5.69 Å². The highest BCUT2D eigenvalue weighted by Crippen LogP contribution is 2.70. The second-order valence-electron chi connectivity index (χ2n) is 14.1. The van der Waals surface area contributed by atoms with Gasteiger partial charge in [-0.1, -0.05) is 55.8 Å². The van der Waals surface area contributed by atoms with E-state index in [1.165, 1.54) is 6.39 Å². The molecule has 8 rings (SSSR count). The van der Waals surface area contributed by atoms with Gasteiger partial charge in [0.05, 0.1) is 17.9 Å². The second kappa shape index (κ2) is 9.93. The number of allylic oxidation sites excluding steroid dienone is 4. The number of carbonyl (C=O) groups is 2. The number of aromatic nitrogens is 1. The first kappa shape index (κ1) is 28.8. The number of carbonyl (C=O) groups excluding carboxylic acids is 2. The highest BCUT2D eigenvalue weighted by molar-refractivity contribution is 6.01. The Bertz CT molecular complexity index is 1780. The van der Waals surface area contributed by atoms with Gasteiger partial charge < -0.3 is 29.8 Å². The van der Waals surface area contributed by atoms with Gasteiger partial charge in [-0.05, 0) is 61.3 Å². The van der Waals surface area contributed by atoms with Crippen LogP contribution in [0.25, 0.3) is 11.1 Å². The Morgan fingerprint density at radius 1 is 1.16 bits per heavy atom. The molecule has 0 amide bonds. The number of ether oxygens (including phenoxy) is 2. The predicted molar refractivity (Wildman–Crippen MR) is 165 cm³/mol. The number of nitrogens with two attached hydrogens (primary N) is 1. The van der Waals surface area contributed by atoms with Crippen molar-refractivity contribution in [1.82, 2.24) is 4.98 Å². The second-order valence-corrected chi connectivity index (χ2v) is 14.1. The van der Waals surface area contributed by atoms with Crippen LogP contribution in [0.15, 0.2) is 71.0 Å². The lowest BCUT2D eigenvalue weighted by Crippen LogP contribution is -2.63. The first-order chi connectivity index (χ1) is 21.6. The van der Waals surface area contributed by atoms with Crippen molar-refractivity contribution in [3.63, 3.8) is 0 Å². The molecule has 9 heteroatoms. The smallest absolute Gasteiger partial charge is 0.193 e. The van der Waals surface area contributed by atoms with Crippen molar-refractivity contribution < 1.29 is 33.7 Å². The lowest BCUT2D eigenvalue weighted by Gasteiger charge is -2.59. The van der Waals surface area contributed by atoms with Crippen LogP contribution < -0.4 is 5.73 Å². The number of rotatable bonds is 5. The third-order valence-corrected chi connectivity index (χ3v) is 12.0. The van der Waals surface area contributed by atoms with Gasteiger partial charge in [0.15, 0.2) is 35.4 Å². The number of hydrogen-bond acceptors (Lipinski definition) is 9. The Balaban J connectivity index is 1.08. The average Bonchev–Trinajstić information content (AvgIpc) is 3.73. The molecule has 1 saturated heterocycles. The number of fused-ring (bicyclic) bond motifs is 8. The normalized spacial score (nSPS) is 38.4. The molecule has 4 fully saturated rings. The first-order valence-electron chi connectivity index (χ1n) is 15.9. The summed E-state index contributed by atoms with van der Waals surface area (Å²) in [4.78, 5) is 30.2. The molecular formula is C36H38N2O7. The van der Waals surface area contributed by atoms with E-state index in [0.717, 1.165) is 35.1 Å². The molecule has 1 aromatic heterocycles. The minimum atomic E-state index is -1.38. The number of benzene rings is 2. The molecule has 4 aliphatic carbocycles. The maximum Gasteiger partial charge on any atom is 0.193 e. The molecule has 3 aromatic rings. The molecule has 9 nitrogen and oxygen atoms in total. The zero-order valence-electron chi connectivity index (χ0n) is 25.4. The lowest BCUT2D eigenvalue weighted by atomic mass is 9.46. The third-order valence-electron chi connectivity index (χ3n) is 12.0. The van der Waals surface area contributed by atoms with Crippen LogP contribution in [-0.4, -0.2) is 51.2 Å². The molecule has 2 aromatic carbocycles. The predicted octanol–water partition coefficient (Wildman–Crippen LogP) is 4.60. The van der Waals surface area contributed by atoms with Crippen molar-refractivity contribution in [3.05, 3.63) is 83.3 Å². The molecule has 5 aliphatic rings. The molecule has 0 bridgehead atoms. The number of oxazole rings is 1. The first-order valence-corrected chi connectivity index (χ1v) is 15.9. The van der Waals surface area contributed by atoms with E-state index in [2.05, 4.69) is 11.9 Å². The molecule has 45 heavy (non-hydrogen) atoms. The fourth-order valence-corrected chi connectivity index (χ4v) is 10.0. The number of anilines is 1.